The lowest BCUT2D eigenvalue weighted by Gasteiger charge is -2.24. The van der Waals surface area contributed by atoms with Crippen molar-refractivity contribution in [2.45, 2.75) is 32.7 Å². The van der Waals surface area contributed by atoms with Crippen LogP contribution in [0.2, 0.25) is 0 Å². The first-order valence-corrected chi connectivity index (χ1v) is 6.47. The largest absolute Gasteiger partial charge is 0.394 e. The first-order chi connectivity index (χ1) is 9.25. The fourth-order valence-electron chi connectivity index (χ4n) is 1.77. The van der Waals surface area contributed by atoms with Crippen molar-refractivity contribution in [3.8, 4) is 0 Å². The molecule has 1 aromatic rings. The predicted molar refractivity (Wildman–Crippen MR) is 73.8 cm³/mol. The number of aliphatic hydroxyl groups is 1. The average Bonchev–Trinajstić information content (AvgIpc) is 2.37. The first-order valence-electron chi connectivity index (χ1n) is 6.47. The van der Waals surface area contributed by atoms with Gasteiger partial charge in [0.05, 0.1) is 12.1 Å². The van der Waals surface area contributed by atoms with Gasteiger partial charge in [-0.2, -0.15) is 0 Å². The van der Waals surface area contributed by atoms with Gasteiger partial charge in [-0.1, -0.05) is 19.1 Å². The van der Waals surface area contributed by atoms with Crippen LogP contribution >= 0.6 is 0 Å². The molecule has 0 aromatic heterocycles. The molecule has 0 heterocycles. The Morgan fingerprint density at radius 3 is 2.60 bits per heavy atom. The van der Waals surface area contributed by atoms with Crippen LogP contribution < -0.4 is 5.32 Å². The number of carbonyl (C=O) groups excluding carboxylic acids is 2. The van der Waals surface area contributed by atoms with E-state index in [1.54, 1.807) is 20.8 Å². The van der Waals surface area contributed by atoms with Crippen molar-refractivity contribution in [3.63, 3.8) is 0 Å². The number of nitrogens with one attached hydrogen (secondary N) is 1. The number of ketones is 1. The Kier molecular flexibility index (Phi) is 5.39. The highest BCUT2D eigenvalue weighted by Gasteiger charge is 2.23. The molecule has 0 aliphatic carbocycles. The molecule has 0 aliphatic rings. The lowest BCUT2D eigenvalue weighted by atomic mass is 9.95. The van der Waals surface area contributed by atoms with E-state index in [0.29, 0.717) is 0 Å². The smallest absolute Gasteiger partial charge is 0.221 e. The van der Waals surface area contributed by atoms with Gasteiger partial charge in [-0.05, 0) is 26.0 Å². The Morgan fingerprint density at radius 2 is 2.05 bits per heavy atom. The van der Waals surface area contributed by atoms with Crippen LogP contribution in [0.25, 0.3) is 0 Å². The molecule has 20 heavy (non-hydrogen) atoms. The molecule has 1 unspecified atom stereocenters. The lowest BCUT2D eigenvalue weighted by Crippen LogP contribution is -2.46. The molecular formula is C15H20FNO3. The van der Waals surface area contributed by atoms with Crippen molar-refractivity contribution in [2.75, 3.05) is 6.61 Å². The van der Waals surface area contributed by atoms with Crippen LogP contribution in [0, 0.1) is 11.7 Å². The number of amides is 1. The molecule has 0 aliphatic heterocycles. The number of hydrogen-bond donors (Lipinski definition) is 2. The molecule has 0 saturated carbocycles. The Hall–Kier alpha value is -1.75. The minimum atomic E-state index is -0.724. The number of halogens is 1. The molecule has 0 radical (unpaired) electrons. The van der Waals surface area contributed by atoms with Crippen molar-refractivity contribution in [3.05, 3.63) is 35.6 Å². The zero-order chi connectivity index (χ0) is 15.3. The molecule has 1 atom stereocenters. The number of aliphatic hydroxyl groups excluding tert-OH is 1. The van der Waals surface area contributed by atoms with Crippen LogP contribution in [0.15, 0.2) is 24.3 Å². The molecule has 2 N–H and O–H groups in total. The maximum absolute atomic E-state index is 13.1. The Bertz CT molecular complexity index is 500. The van der Waals surface area contributed by atoms with E-state index in [-0.39, 0.29) is 30.3 Å². The Labute approximate surface area is 118 Å². The summed E-state index contributed by atoms with van der Waals surface area (Å²) in [5.74, 6) is -1.62. The molecule has 0 bridgehead atoms. The maximum atomic E-state index is 13.1. The summed E-state index contributed by atoms with van der Waals surface area (Å²) >= 11 is 0. The van der Waals surface area contributed by atoms with E-state index in [9.17, 15) is 14.0 Å². The minimum absolute atomic E-state index is 0.00121. The Morgan fingerprint density at radius 1 is 1.40 bits per heavy atom. The van der Waals surface area contributed by atoms with Crippen molar-refractivity contribution >= 4 is 11.7 Å². The SMILES string of the molecule is CC(CC(=O)NC(C)(C)CO)C(=O)c1cccc(F)c1. The second-order valence-corrected chi connectivity index (χ2v) is 5.57. The third-order valence-corrected chi connectivity index (χ3v) is 2.92. The summed E-state index contributed by atoms with van der Waals surface area (Å²) in [5, 5.41) is 11.7. The standard InChI is InChI=1S/C15H20FNO3/c1-10(7-13(19)17-15(2,3)9-18)14(20)11-5-4-6-12(16)8-11/h4-6,8,10,18H,7,9H2,1-3H3,(H,17,19). The molecule has 0 fully saturated rings. The van der Waals surface area contributed by atoms with Gasteiger partial charge in [0.2, 0.25) is 5.91 Å². The van der Waals surface area contributed by atoms with Crippen LogP contribution in [-0.4, -0.2) is 28.9 Å². The average molecular weight is 281 g/mol. The van der Waals surface area contributed by atoms with Crippen molar-refractivity contribution in [1.29, 1.82) is 0 Å². The monoisotopic (exact) mass is 281 g/mol. The van der Waals surface area contributed by atoms with E-state index in [4.69, 9.17) is 5.11 Å². The van der Waals surface area contributed by atoms with Gasteiger partial charge in [-0.3, -0.25) is 9.59 Å². The molecule has 0 saturated heterocycles. The number of rotatable bonds is 6. The highest BCUT2D eigenvalue weighted by molar-refractivity contribution is 5.99. The second-order valence-electron chi connectivity index (χ2n) is 5.57. The zero-order valence-electron chi connectivity index (χ0n) is 11.9. The number of carbonyl (C=O) groups is 2. The normalized spacial score (nSPS) is 12.8. The number of hydrogen-bond acceptors (Lipinski definition) is 3. The molecule has 1 amide bonds. The van der Waals surface area contributed by atoms with E-state index < -0.39 is 17.3 Å². The van der Waals surface area contributed by atoms with E-state index in [1.165, 1.54) is 18.2 Å². The molecule has 110 valence electrons. The minimum Gasteiger partial charge on any atom is -0.394 e. The van der Waals surface area contributed by atoms with Gasteiger partial charge in [-0.15, -0.1) is 0 Å². The van der Waals surface area contributed by atoms with Gasteiger partial charge >= 0.3 is 0 Å². The molecule has 5 heteroatoms. The summed E-state index contributed by atoms with van der Waals surface area (Å²) in [7, 11) is 0. The quantitative estimate of drug-likeness (QED) is 0.783. The lowest BCUT2D eigenvalue weighted by molar-refractivity contribution is -0.123. The van der Waals surface area contributed by atoms with Crippen LogP contribution in [0.5, 0.6) is 0 Å². The highest BCUT2D eigenvalue weighted by Crippen LogP contribution is 2.14. The van der Waals surface area contributed by atoms with Gasteiger partial charge < -0.3 is 10.4 Å². The fraction of sp³-hybridized carbons (Fsp3) is 0.467. The second kappa shape index (κ2) is 6.61. The van der Waals surface area contributed by atoms with E-state index >= 15 is 0 Å². The number of benzene rings is 1. The number of Topliss-reactive ketones (excluding diaryl/α,β-unsaturated/α-hetero) is 1. The van der Waals surface area contributed by atoms with Crippen molar-refractivity contribution < 1.29 is 19.1 Å². The summed E-state index contributed by atoms with van der Waals surface area (Å²) < 4.78 is 13.1. The molecule has 4 nitrogen and oxygen atoms in total. The van der Waals surface area contributed by atoms with Gasteiger partial charge in [0.25, 0.3) is 0 Å². The van der Waals surface area contributed by atoms with E-state index in [2.05, 4.69) is 5.32 Å². The summed E-state index contributed by atoms with van der Waals surface area (Å²) in [6.07, 6.45) is -0.00121. The van der Waals surface area contributed by atoms with Gasteiger partial charge in [-0.25, -0.2) is 4.39 Å². The van der Waals surface area contributed by atoms with Crippen LogP contribution in [0.4, 0.5) is 4.39 Å². The molecule has 0 spiro atoms. The van der Waals surface area contributed by atoms with Gasteiger partial charge in [0.15, 0.2) is 5.78 Å². The summed E-state index contributed by atoms with van der Waals surface area (Å²) in [6, 6.07) is 5.41. The molecule has 1 aromatic carbocycles. The molecular weight excluding hydrogens is 261 g/mol. The van der Waals surface area contributed by atoms with Crippen LogP contribution in [0.3, 0.4) is 0 Å². The third kappa shape index (κ3) is 4.74. The summed E-state index contributed by atoms with van der Waals surface area (Å²) in [6.45, 7) is 4.80. The van der Waals surface area contributed by atoms with Gasteiger partial charge in [0, 0.05) is 17.9 Å². The zero-order valence-corrected chi connectivity index (χ0v) is 11.9. The van der Waals surface area contributed by atoms with Crippen LogP contribution in [-0.2, 0) is 4.79 Å². The summed E-state index contributed by atoms with van der Waals surface area (Å²) in [5.41, 5.74) is -0.467. The van der Waals surface area contributed by atoms with Crippen LogP contribution in [0.1, 0.15) is 37.6 Å². The first kappa shape index (κ1) is 16.3. The Balaban J connectivity index is 2.65. The molecule has 1 rings (SSSR count). The van der Waals surface area contributed by atoms with Gasteiger partial charge in [0.1, 0.15) is 5.82 Å². The third-order valence-electron chi connectivity index (χ3n) is 2.92. The van der Waals surface area contributed by atoms with Crippen molar-refractivity contribution in [2.24, 2.45) is 5.92 Å². The highest BCUT2D eigenvalue weighted by atomic mass is 19.1. The summed E-state index contributed by atoms with van der Waals surface area (Å²) in [4.78, 5) is 23.9. The predicted octanol–water partition coefficient (Wildman–Crippen LogP) is 1.92. The van der Waals surface area contributed by atoms with E-state index in [1.807, 2.05) is 0 Å². The van der Waals surface area contributed by atoms with E-state index in [0.717, 1.165) is 6.07 Å². The van der Waals surface area contributed by atoms with Crippen molar-refractivity contribution in [1.82, 2.24) is 5.32 Å². The topological polar surface area (TPSA) is 66.4 Å². The fourth-order valence-corrected chi connectivity index (χ4v) is 1.77. The maximum Gasteiger partial charge on any atom is 0.221 e.